The standard InChI is InChI=1S/C15H27N3/c1-4-6-7-8-9-11-18-14(3)15(13-17-18)12-16-10-5-2/h4,13,16H,1,5-12H2,2-3H3. The van der Waals surface area contributed by atoms with Crippen LogP contribution in [0.2, 0.25) is 0 Å². The van der Waals surface area contributed by atoms with E-state index < -0.39 is 0 Å². The molecule has 3 heteroatoms. The first-order valence-electron chi connectivity index (χ1n) is 7.12. The van der Waals surface area contributed by atoms with Crippen LogP contribution in [0.4, 0.5) is 0 Å². The quantitative estimate of drug-likeness (QED) is 0.508. The van der Waals surface area contributed by atoms with Crippen molar-refractivity contribution >= 4 is 0 Å². The van der Waals surface area contributed by atoms with Gasteiger partial charge in [-0.15, -0.1) is 6.58 Å². The molecule has 0 aliphatic rings. The molecule has 0 bridgehead atoms. The van der Waals surface area contributed by atoms with Gasteiger partial charge in [-0.3, -0.25) is 4.68 Å². The maximum Gasteiger partial charge on any atom is 0.0537 e. The number of unbranched alkanes of at least 4 members (excludes halogenated alkanes) is 3. The molecule has 0 saturated heterocycles. The van der Waals surface area contributed by atoms with Crippen LogP contribution in [0.3, 0.4) is 0 Å². The van der Waals surface area contributed by atoms with Crippen LogP contribution in [0, 0.1) is 6.92 Å². The highest BCUT2D eigenvalue weighted by Crippen LogP contribution is 2.09. The van der Waals surface area contributed by atoms with E-state index in [-0.39, 0.29) is 0 Å². The van der Waals surface area contributed by atoms with Crippen molar-refractivity contribution in [3.63, 3.8) is 0 Å². The molecule has 1 aromatic heterocycles. The summed E-state index contributed by atoms with van der Waals surface area (Å²) in [6.07, 6.45) is 10.0. The smallest absolute Gasteiger partial charge is 0.0537 e. The summed E-state index contributed by atoms with van der Waals surface area (Å²) >= 11 is 0. The highest BCUT2D eigenvalue weighted by atomic mass is 15.3. The molecule has 0 unspecified atom stereocenters. The third kappa shape index (κ3) is 5.05. The van der Waals surface area contributed by atoms with Crippen LogP contribution in [0.5, 0.6) is 0 Å². The van der Waals surface area contributed by atoms with Gasteiger partial charge in [0.15, 0.2) is 0 Å². The topological polar surface area (TPSA) is 29.9 Å². The van der Waals surface area contributed by atoms with E-state index >= 15 is 0 Å². The highest BCUT2D eigenvalue weighted by molar-refractivity contribution is 5.15. The van der Waals surface area contributed by atoms with Crippen LogP contribution in [0.15, 0.2) is 18.9 Å². The van der Waals surface area contributed by atoms with Gasteiger partial charge in [0.25, 0.3) is 0 Å². The van der Waals surface area contributed by atoms with E-state index in [0.29, 0.717) is 0 Å². The van der Waals surface area contributed by atoms with Gasteiger partial charge >= 0.3 is 0 Å². The fourth-order valence-electron chi connectivity index (χ4n) is 2.01. The molecule has 1 N–H and O–H groups in total. The first-order valence-corrected chi connectivity index (χ1v) is 7.12. The number of hydrogen-bond donors (Lipinski definition) is 1. The molecular weight excluding hydrogens is 222 g/mol. The average Bonchev–Trinajstić information content (AvgIpc) is 2.71. The van der Waals surface area contributed by atoms with Crippen LogP contribution >= 0.6 is 0 Å². The lowest BCUT2D eigenvalue weighted by Crippen LogP contribution is -2.14. The molecule has 0 fully saturated rings. The van der Waals surface area contributed by atoms with Crippen molar-refractivity contribution in [2.75, 3.05) is 6.54 Å². The van der Waals surface area contributed by atoms with E-state index in [9.17, 15) is 0 Å². The van der Waals surface area contributed by atoms with E-state index in [1.807, 2.05) is 12.3 Å². The van der Waals surface area contributed by atoms with Gasteiger partial charge < -0.3 is 5.32 Å². The van der Waals surface area contributed by atoms with E-state index in [1.165, 1.54) is 36.9 Å². The molecule has 0 atom stereocenters. The van der Waals surface area contributed by atoms with Crippen LogP contribution in [-0.4, -0.2) is 16.3 Å². The van der Waals surface area contributed by atoms with E-state index in [2.05, 4.69) is 35.5 Å². The lowest BCUT2D eigenvalue weighted by molar-refractivity contribution is 0.534. The van der Waals surface area contributed by atoms with Gasteiger partial charge in [0.2, 0.25) is 0 Å². The largest absolute Gasteiger partial charge is 0.313 e. The maximum atomic E-state index is 4.47. The number of nitrogens with one attached hydrogen (secondary N) is 1. The first-order chi connectivity index (χ1) is 8.79. The Bertz CT molecular complexity index is 342. The molecule has 1 heterocycles. The third-order valence-electron chi connectivity index (χ3n) is 3.23. The molecule has 0 radical (unpaired) electrons. The number of aryl methyl sites for hydroxylation is 1. The minimum Gasteiger partial charge on any atom is -0.313 e. The van der Waals surface area contributed by atoms with Gasteiger partial charge in [0, 0.05) is 24.3 Å². The zero-order chi connectivity index (χ0) is 13.2. The van der Waals surface area contributed by atoms with Crippen LogP contribution in [0.25, 0.3) is 0 Å². The van der Waals surface area contributed by atoms with Gasteiger partial charge in [0.05, 0.1) is 6.20 Å². The molecule has 0 aliphatic heterocycles. The molecule has 18 heavy (non-hydrogen) atoms. The second kappa shape index (κ2) is 8.92. The predicted molar refractivity (Wildman–Crippen MR) is 77.6 cm³/mol. The Morgan fingerprint density at radius 1 is 1.39 bits per heavy atom. The molecule has 1 rings (SSSR count). The Hall–Kier alpha value is -1.09. The van der Waals surface area contributed by atoms with Crippen molar-refractivity contribution in [1.29, 1.82) is 0 Å². The highest BCUT2D eigenvalue weighted by Gasteiger charge is 2.05. The number of aromatic nitrogens is 2. The van der Waals surface area contributed by atoms with Gasteiger partial charge in [-0.25, -0.2) is 0 Å². The van der Waals surface area contributed by atoms with E-state index in [0.717, 1.165) is 26.1 Å². The Morgan fingerprint density at radius 3 is 2.94 bits per heavy atom. The maximum absolute atomic E-state index is 4.47. The van der Waals surface area contributed by atoms with Gasteiger partial charge in [0.1, 0.15) is 0 Å². The Balaban J connectivity index is 2.31. The molecule has 0 saturated carbocycles. The zero-order valence-corrected chi connectivity index (χ0v) is 11.9. The van der Waals surface area contributed by atoms with Crippen LogP contribution in [0.1, 0.15) is 50.3 Å². The van der Waals surface area contributed by atoms with Crippen LogP contribution < -0.4 is 5.32 Å². The molecule has 1 aromatic rings. The molecule has 0 aromatic carbocycles. The summed E-state index contributed by atoms with van der Waals surface area (Å²) in [6, 6.07) is 0. The molecule has 102 valence electrons. The Morgan fingerprint density at radius 2 is 2.22 bits per heavy atom. The van der Waals surface area contributed by atoms with Crippen molar-refractivity contribution in [3.05, 3.63) is 30.1 Å². The third-order valence-corrected chi connectivity index (χ3v) is 3.23. The number of hydrogen-bond acceptors (Lipinski definition) is 2. The number of rotatable bonds is 10. The summed E-state index contributed by atoms with van der Waals surface area (Å²) in [4.78, 5) is 0. The van der Waals surface area contributed by atoms with Crippen molar-refractivity contribution < 1.29 is 0 Å². The molecule has 0 spiro atoms. The molecule has 3 nitrogen and oxygen atoms in total. The van der Waals surface area contributed by atoms with Crippen LogP contribution in [-0.2, 0) is 13.1 Å². The second-order valence-electron chi connectivity index (χ2n) is 4.79. The summed E-state index contributed by atoms with van der Waals surface area (Å²) < 4.78 is 2.14. The second-order valence-corrected chi connectivity index (χ2v) is 4.79. The average molecular weight is 249 g/mol. The minimum atomic E-state index is 0.941. The number of nitrogens with zero attached hydrogens (tertiary/aromatic N) is 2. The SMILES string of the molecule is C=CCCCCCn1ncc(CNCCC)c1C. The van der Waals surface area contributed by atoms with Crippen molar-refractivity contribution in [3.8, 4) is 0 Å². The van der Waals surface area contributed by atoms with Crippen molar-refractivity contribution in [1.82, 2.24) is 15.1 Å². The molecule has 0 amide bonds. The Labute approximate surface area is 111 Å². The Kier molecular flexibility index (Phi) is 7.42. The fourth-order valence-corrected chi connectivity index (χ4v) is 2.01. The van der Waals surface area contributed by atoms with Gasteiger partial charge in [-0.1, -0.05) is 19.4 Å². The summed E-state index contributed by atoms with van der Waals surface area (Å²) in [5.74, 6) is 0. The summed E-state index contributed by atoms with van der Waals surface area (Å²) in [5.41, 5.74) is 2.64. The van der Waals surface area contributed by atoms with Crippen molar-refractivity contribution in [2.45, 2.75) is 59.0 Å². The lowest BCUT2D eigenvalue weighted by atomic mass is 10.2. The monoisotopic (exact) mass is 249 g/mol. The normalized spacial score (nSPS) is 10.8. The zero-order valence-electron chi connectivity index (χ0n) is 11.9. The molecule has 0 aliphatic carbocycles. The first kappa shape index (κ1) is 15.0. The van der Waals surface area contributed by atoms with Gasteiger partial charge in [-0.05, 0) is 39.2 Å². The summed E-state index contributed by atoms with van der Waals surface area (Å²) in [5, 5.41) is 7.89. The number of allylic oxidation sites excluding steroid dienone is 1. The minimum absolute atomic E-state index is 0.941. The van der Waals surface area contributed by atoms with Gasteiger partial charge in [-0.2, -0.15) is 5.10 Å². The summed E-state index contributed by atoms with van der Waals surface area (Å²) in [7, 11) is 0. The predicted octanol–water partition coefficient (Wildman–Crippen LogP) is 3.44. The van der Waals surface area contributed by atoms with E-state index in [1.54, 1.807) is 0 Å². The summed E-state index contributed by atoms with van der Waals surface area (Å²) in [6.45, 7) is 11.2. The van der Waals surface area contributed by atoms with Crippen molar-refractivity contribution in [2.24, 2.45) is 0 Å². The lowest BCUT2D eigenvalue weighted by Gasteiger charge is -2.06. The fraction of sp³-hybridized carbons (Fsp3) is 0.667. The van der Waals surface area contributed by atoms with E-state index in [4.69, 9.17) is 0 Å². The molecular formula is C15H27N3.